The summed E-state index contributed by atoms with van der Waals surface area (Å²) >= 11 is 0. The highest BCUT2D eigenvalue weighted by Gasteiger charge is 2.16. The van der Waals surface area contributed by atoms with Crippen LogP contribution in [0.15, 0.2) is 18.2 Å². The van der Waals surface area contributed by atoms with Crippen molar-refractivity contribution in [1.29, 1.82) is 0 Å². The van der Waals surface area contributed by atoms with Gasteiger partial charge in [-0.25, -0.2) is 0 Å². The van der Waals surface area contributed by atoms with E-state index in [1.54, 1.807) is 6.07 Å². The fourth-order valence-electron chi connectivity index (χ4n) is 3.07. The molecule has 3 rings (SSSR count). The molecule has 7 nitrogen and oxygen atoms in total. The topological polar surface area (TPSA) is 73.9 Å². The van der Waals surface area contributed by atoms with Crippen molar-refractivity contribution in [2.75, 3.05) is 58.2 Å². The number of amides is 2. The number of aryl methyl sites for hydroxylation is 1. The molecule has 25 heavy (non-hydrogen) atoms. The van der Waals surface area contributed by atoms with Crippen molar-refractivity contribution in [1.82, 2.24) is 15.1 Å². The first-order chi connectivity index (χ1) is 12.1. The normalized spacial score (nSPS) is 18.4. The highest BCUT2D eigenvalue weighted by Crippen LogP contribution is 2.26. The van der Waals surface area contributed by atoms with Gasteiger partial charge in [0.05, 0.1) is 0 Å². The molecule has 136 valence electrons. The van der Waals surface area contributed by atoms with Gasteiger partial charge in [-0.3, -0.25) is 14.5 Å². The number of benzene rings is 1. The Labute approximate surface area is 148 Å². The SMILES string of the molecule is CN1CCN(CCNC(=O)COc2ccc3c(c2)CCC(=O)N3)CC1. The lowest BCUT2D eigenvalue weighted by molar-refractivity contribution is -0.123. The molecule has 0 atom stereocenters. The number of nitrogens with zero attached hydrogens (tertiary/aromatic N) is 2. The summed E-state index contributed by atoms with van der Waals surface area (Å²) in [4.78, 5) is 27.9. The number of carbonyl (C=O) groups is 2. The van der Waals surface area contributed by atoms with Crippen molar-refractivity contribution in [3.05, 3.63) is 23.8 Å². The summed E-state index contributed by atoms with van der Waals surface area (Å²) in [5.74, 6) is 0.588. The Hall–Kier alpha value is -2.12. The number of rotatable bonds is 6. The van der Waals surface area contributed by atoms with E-state index in [0.29, 0.717) is 25.1 Å². The zero-order valence-electron chi connectivity index (χ0n) is 14.7. The maximum absolute atomic E-state index is 11.9. The van der Waals surface area contributed by atoms with E-state index in [4.69, 9.17) is 4.74 Å². The molecule has 0 radical (unpaired) electrons. The Morgan fingerprint density at radius 1 is 1.24 bits per heavy atom. The second-order valence-electron chi connectivity index (χ2n) is 6.65. The molecule has 2 aliphatic heterocycles. The van der Waals surface area contributed by atoms with Crippen LogP contribution in [0.25, 0.3) is 0 Å². The first-order valence-corrected chi connectivity index (χ1v) is 8.83. The summed E-state index contributed by atoms with van der Waals surface area (Å²) in [5.41, 5.74) is 1.88. The van der Waals surface area contributed by atoms with Gasteiger partial charge in [0.1, 0.15) is 5.75 Å². The van der Waals surface area contributed by atoms with Crippen LogP contribution in [-0.2, 0) is 16.0 Å². The monoisotopic (exact) mass is 346 g/mol. The first-order valence-electron chi connectivity index (χ1n) is 8.83. The van der Waals surface area contributed by atoms with E-state index in [0.717, 1.165) is 44.0 Å². The van der Waals surface area contributed by atoms with Crippen LogP contribution in [0, 0.1) is 0 Å². The minimum Gasteiger partial charge on any atom is -0.484 e. The van der Waals surface area contributed by atoms with Crippen LogP contribution in [-0.4, -0.2) is 74.5 Å². The van der Waals surface area contributed by atoms with Gasteiger partial charge >= 0.3 is 0 Å². The number of fused-ring (bicyclic) bond motifs is 1. The van der Waals surface area contributed by atoms with Crippen molar-refractivity contribution in [2.45, 2.75) is 12.8 Å². The molecule has 7 heteroatoms. The average molecular weight is 346 g/mol. The van der Waals surface area contributed by atoms with Crippen LogP contribution in [0.3, 0.4) is 0 Å². The number of anilines is 1. The molecule has 0 saturated carbocycles. The smallest absolute Gasteiger partial charge is 0.257 e. The standard InChI is InChI=1S/C18H26N4O3/c1-21-8-10-22(11-9-21)7-6-19-18(24)13-25-15-3-4-16-14(12-15)2-5-17(23)20-16/h3-4,12H,2,5-11,13H2,1H3,(H,19,24)(H,20,23). The summed E-state index contributed by atoms with van der Waals surface area (Å²) in [6, 6.07) is 5.50. The second-order valence-corrected chi connectivity index (χ2v) is 6.65. The van der Waals surface area contributed by atoms with Gasteiger partial charge in [0.2, 0.25) is 5.91 Å². The predicted molar refractivity (Wildman–Crippen MR) is 95.8 cm³/mol. The van der Waals surface area contributed by atoms with Crippen molar-refractivity contribution in [3.8, 4) is 5.75 Å². The molecular weight excluding hydrogens is 320 g/mol. The fraction of sp³-hybridized carbons (Fsp3) is 0.556. The van der Waals surface area contributed by atoms with E-state index in [2.05, 4.69) is 27.5 Å². The second kappa shape index (κ2) is 8.31. The number of ether oxygens (including phenoxy) is 1. The summed E-state index contributed by atoms with van der Waals surface area (Å²) in [5, 5.41) is 5.74. The molecule has 1 fully saturated rings. The lowest BCUT2D eigenvalue weighted by Crippen LogP contribution is -2.47. The lowest BCUT2D eigenvalue weighted by atomic mass is 10.0. The molecule has 0 unspecified atom stereocenters. The van der Waals surface area contributed by atoms with E-state index in [-0.39, 0.29) is 18.4 Å². The van der Waals surface area contributed by atoms with Crippen LogP contribution in [0.2, 0.25) is 0 Å². The quantitative estimate of drug-likeness (QED) is 0.776. The van der Waals surface area contributed by atoms with Crippen molar-refractivity contribution in [2.24, 2.45) is 0 Å². The number of likely N-dealkylation sites (N-methyl/N-ethyl adjacent to an activating group) is 1. The molecule has 2 heterocycles. The molecule has 2 aliphatic rings. The number of hydrogen-bond donors (Lipinski definition) is 2. The molecule has 1 saturated heterocycles. The van der Waals surface area contributed by atoms with Gasteiger partial charge in [0.25, 0.3) is 5.91 Å². The molecule has 0 bridgehead atoms. The van der Waals surface area contributed by atoms with E-state index in [1.807, 2.05) is 12.1 Å². The molecule has 1 aromatic rings. The predicted octanol–water partition coefficient (Wildman–Crippen LogP) is 0.314. The van der Waals surface area contributed by atoms with Crippen LogP contribution >= 0.6 is 0 Å². The van der Waals surface area contributed by atoms with Crippen molar-refractivity contribution < 1.29 is 14.3 Å². The number of nitrogens with one attached hydrogen (secondary N) is 2. The fourth-order valence-corrected chi connectivity index (χ4v) is 3.07. The third-order valence-electron chi connectivity index (χ3n) is 4.69. The number of hydrogen-bond acceptors (Lipinski definition) is 5. The molecule has 0 aliphatic carbocycles. The van der Waals surface area contributed by atoms with Gasteiger partial charge in [-0.05, 0) is 37.2 Å². The first kappa shape index (κ1) is 17.7. The van der Waals surface area contributed by atoms with E-state index >= 15 is 0 Å². The Balaban J connectivity index is 1.37. The van der Waals surface area contributed by atoms with Crippen LogP contribution in [0.5, 0.6) is 5.75 Å². The molecule has 2 N–H and O–H groups in total. The summed E-state index contributed by atoms with van der Waals surface area (Å²) < 4.78 is 5.57. The van der Waals surface area contributed by atoms with Crippen LogP contribution < -0.4 is 15.4 Å². The largest absolute Gasteiger partial charge is 0.484 e. The lowest BCUT2D eigenvalue weighted by Gasteiger charge is -2.32. The maximum atomic E-state index is 11.9. The van der Waals surface area contributed by atoms with Crippen molar-refractivity contribution >= 4 is 17.5 Å². The third-order valence-corrected chi connectivity index (χ3v) is 4.69. The molecule has 1 aromatic carbocycles. The Bertz CT molecular complexity index is 627. The van der Waals surface area contributed by atoms with Gasteiger partial charge < -0.3 is 20.3 Å². The van der Waals surface area contributed by atoms with E-state index in [1.165, 1.54) is 0 Å². The van der Waals surface area contributed by atoms with Crippen LogP contribution in [0.1, 0.15) is 12.0 Å². The van der Waals surface area contributed by atoms with Crippen LogP contribution in [0.4, 0.5) is 5.69 Å². The van der Waals surface area contributed by atoms with Gasteiger partial charge in [-0.2, -0.15) is 0 Å². The Kier molecular flexibility index (Phi) is 5.88. The highest BCUT2D eigenvalue weighted by atomic mass is 16.5. The van der Waals surface area contributed by atoms with Crippen molar-refractivity contribution in [3.63, 3.8) is 0 Å². The van der Waals surface area contributed by atoms with E-state index < -0.39 is 0 Å². The molecular formula is C18H26N4O3. The van der Waals surface area contributed by atoms with E-state index in [9.17, 15) is 9.59 Å². The summed E-state index contributed by atoms with van der Waals surface area (Å²) in [7, 11) is 2.13. The summed E-state index contributed by atoms with van der Waals surface area (Å²) in [6.07, 6.45) is 1.19. The van der Waals surface area contributed by atoms with Gasteiger partial charge in [0, 0.05) is 51.4 Å². The molecule has 0 aromatic heterocycles. The average Bonchev–Trinajstić information content (AvgIpc) is 2.61. The maximum Gasteiger partial charge on any atom is 0.257 e. The Morgan fingerprint density at radius 2 is 2.04 bits per heavy atom. The molecule has 2 amide bonds. The third kappa shape index (κ3) is 5.17. The summed E-state index contributed by atoms with van der Waals surface area (Å²) in [6.45, 7) is 5.78. The zero-order chi connectivity index (χ0) is 17.6. The molecule has 0 spiro atoms. The van der Waals surface area contributed by atoms with Gasteiger partial charge in [-0.1, -0.05) is 0 Å². The Morgan fingerprint density at radius 3 is 2.84 bits per heavy atom. The minimum atomic E-state index is -0.111. The van der Waals surface area contributed by atoms with Gasteiger partial charge in [-0.15, -0.1) is 0 Å². The van der Waals surface area contributed by atoms with Gasteiger partial charge in [0.15, 0.2) is 6.61 Å². The zero-order valence-corrected chi connectivity index (χ0v) is 14.7. The number of carbonyl (C=O) groups excluding carboxylic acids is 2. The highest BCUT2D eigenvalue weighted by molar-refractivity contribution is 5.94. The minimum absolute atomic E-state index is 0.00782. The number of piperazine rings is 1.